The van der Waals surface area contributed by atoms with Crippen molar-refractivity contribution >= 4 is 12.0 Å². The normalized spacial score (nSPS) is 20.8. The largest absolute Gasteiger partial charge is 0.481 e. The zero-order valence-corrected chi connectivity index (χ0v) is 14.8. The summed E-state index contributed by atoms with van der Waals surface area (Å²) in [6.45, 7) is 0.530. The highest BCUT2D eigenvalue weighted by molar-refractivity contribution is 5.78. The molecule has 0 radical (unpaired) electrons. The van der Waals surface area contributed by atoms with E-state index >= 15 is 0 Å². The third kappa shape index (κ3) is 4.07. The van der Waals surface area contributed by atoms with Gasteiger partial charge in [-0.15, -0.1) is 0 Å². The lowest BCUT2D eigenvalue weighted by Crippen LogP contribution is -2.40. The molecule has 0 spiro atoms. The number of aromatic nitrogens is 3. The summed E-state index contributed by atoms with van der Waals surface area (Å²) < 4.78 is 40.7. The van der Waals surface area contributed by atoms with Gasteiger partial charge in [-0.2, -0.15) is 18.3 Å². The molecule has 1 unspecified atom stereocenters. The van der Waals surface area contributed by atoms with Gasteiger partial charge in [0.05, 0.1) is 23.6 Å². The van der Waals surface area contributed by atoms with Gasteiger partial charge < -0.3 is 15.3 Å². The Morgan fingerprint density at radius 3 is 2.43 bits per heavy atom. The molecular formula is C17H18F3N5O3. The number of nitrogens with one attached hydrogen (secondary N) is 1. The van der Waals surface area contributed by atoms with Crippen LogP contribution in [0.25, 0.3) is 5.69 Å². The minimum atomic E-state index is -4.68. The molecule has 28 heavy (non-hydrogen) atoms. The summed E-state index contributed by atoms with van der Waals surface area (Å²) in [6.07, 6.45) is -1.75. The van der Waals surface area contributed by atoms with Gasteiger partial charge in [0.2, 0.25) is 0 Å². The number of likely N-dealkylation sites (tertiary alicyclic amines) is 1. The minimum Gasteiger partial charge on any atom is -0.481 e. The van der Waals surface area contributed by atoms with Gasteiger partial charge in [-0.25, -0.2) is 14.5 Å². The molecule has 2 amide bonds. The number of alkyl halides is 3. The Labute approximate surface area is 158 Å². The average Bonchev–Trinajstić information content (AvgIpc) is 3.31. The standard InChI is InChI=1S/C17H18F3N5O3/c1-10(11-2-4-12(5-3-11)25-9-21-8-22-25)23-16(28)24-6-13(15(26)27)14(7-24)17(18,19)20/h2-5,8-10,13-14H,6-7H2,1H3,(H,23,28)(H,26,27)/t10?,13-,14-/m1/s1. The number of amides is 2. The van der Waals surface area contributed by atoms with Crippen LogP contribution in [-0.2, 0) is 4.79 Å². The topological polar surface area (TPSA) is 100 Å². The van der Waals surface area contributed by atoms with E-state index < -0.39 is 49.1 Å². The predicted molar refractivity (Wildman–Crippen MR) is 90.5 cm³/mol. The van der Waals surface area contributed by atoms with Crippen LogP contribution in [-0.4, -0.2) is 56.0 Å². The SMILES string of the molecule is CC(NC(=O)N1C[C@@H](C(F)(F)F)[C@H](C(=O)O)C1)c1ccc(-n2cncn2)cc1. The fraction of sp³-hybridized carbons (Fsp3) is 0.412. The van der Waals surface area contributed by atoms with Crippen LogP contribution >= 0.6 is 0 Å². The molecule has 2 aromatic rings. The van der Waals surface area contributed by atoms with Gasteiger partial charge in [-0.05, 0) is 24.6 Å². The number of carbonyl (C=O) groups is 2. The molecule has 3 atom stereocenters. The number of carboxylic acid groups (broad SMARTS) is 1. The summed E-state index contributed by atoms with van der Waals surface area (Å²) in [5, 5.41) is 15.7. The molecule has 0 aliphatic carbocycles. The second kappa shape index (κ2) is 7.49. The van der Waals surface area contributed by atoms with Gasteiger partial charge in [-0.1, -0.05) is 12.1 Å². The fourth-order valence-corrected chi connectivity index (χ4v) is 3.17. The van der Waals surface area contributed by atoms with Crippen molar-refractivity contribution < 1.29 is 27.9 Å². The van der Waals surface area contributed by atoms with Crippen molar-refractivity contribution in [3.8, 4) is 5.69 Å². The first-order chi connectivity index (χ1) is 13.2. The second-order valence-corrected chi connectivity index (χ2v) is 6.60. The number of aliphatic carboxylic acids is 1. The first-order valence-electron chi connectivity index (χ1n) is 8.46. The Morgan fingerprint density at radius 2 is 1.93 bits per heavy atom. The van der Waals surface area contributed by atoms with Crippen LogP contribution in [0.5, 0.6) is 0 Å². The van der Waals surface area contributed by atoms with Crippen molar-refractivity contribution in [3.63, 3.8) is 0 Å². The number of benzene rings is 1. The molecule has 1 aliphatic heterocycles. The lowest BCUT2D eigenvalue weighted by atomic mass is 9.96. The number of rotatable bonds is 4. The first kappa shape index (κ1) is 19.6. The van der Waals surface area contributed by atoms with E-state index in [1.807, 2.05) is 0 Å². The Kier molecular flexibility index (Phi) is 5.25. The fourth-order valence-electron chi connectivity index (χ4n) is 3.17. The Bertz CT molecular complexity index is 839. The van der Waals surface area contributed by atoms with Crippen LogP contribution in [0.2, 0.25) is 0 Å². The van der Waals surface area contributed by atoms with Crippen molar-refractivity contribution in [2.24, 2.45) is 11.8 Å². The van der Waals surface area contributed by atoms with Crippen molar-refractivity contribution in [1.29, 1.82) is 0 Å². The lowest BCUT2D eigenvalue weighted by molar-refractivity contribution is -0.187. The van der Waals surface area contributed by atoms with E-state index in [1.54, 1.807) is 35.9 Å². The molecule has 2 N–H and O–H groups in total. The summed E-state index contributed by atoms with van der Waals surface area (Å²) in [5.74, 6) is -5.30. The van der Waals surface area contributed by atoms with Crippen LogP contribution < -0.4 is 5.32 Å². The third-order valence-corrected chi connectivity index (χ3v) is 4.76. The number of nitrogens with zero attached hydrogens (tertiary/aromatic N) is 4. The molecule has 1 aromatic heterocycles. The molecule has 1 aromatic carbocycles. The molecule has 8 nitrogen and oxygen atoms in total. The van der Waals surface area contributed by atoms with E-state index in [4.69, 9.17) is 5.11 Å². The zero-order valence-electron chi connectivity index (χ0n) is 14.8. The first-order valence-corrected chi connectivity index (χ1v) is 8.46. The molecule has 11 heteroatoms. The van der Waals surface area contributed by atoms with E-state index in [9.17, 15) is 22.8 Å². The summed E-state index contributed by atoms with van der Waals surface area (Å²) in [4.78, 5) is 28.2. The summed E-state index contributed by atoms with van der Waals surface area (Å²) in [7, 11) is 0. The maximum absolute atomic E-state index is 13.1. The monoisotopic (exact) mass is 397 g/mol. The highest BCUT2D eigenvalue weighted by atomic mass is 19.4. The number of carboxylic acids is 1. The van der Waals surface area contributed by atoms with E-state index in [2.05, 4.69) is 15.4 Å². The summed E-state index contributed by atoms with van der Waals surface area (Å²) in [5.41, 5.74) is 1.50. The van der Waals surface area contributed by atoms with Gasteiger partial charge in [-0.3, -0.25) is 4.79 Å². The Balaban J connectivity index is 1.65. The van der Waals surface area contributed by atoms with Crippen LogP contribution in [0.4, 0.5) is 18.0 Å². The number of carbonyl (C=O) groups excluding carboxylic acids is 1. The molecule has 3 rings (SSSR count). The lowest BCUT2D eigenvalue weighted by Gasteiger charge is -2.22. The third-order valence-electron chi connectivity index (χ3n) is 4.76. The highest BCUT2D eigenvalue weighted by Crippen LogP contribution is 2.37. The number of halogens is 3. The van der Waals surface area contributed by atoms with Gasteiger partial charge in [0.1, 0.15) is 12.7 Å². The van der Waals surface area contributed by atoms with E-state index in [0.29, 0.717) is 0 Å². The molecule has 0 saturated carbocycles. The Hall–Kier alpha value is -3.11. The van der Waals surface area contributed by atoms with Crippen LogP contribution in [0, 0.1) is 11.8 Å². The zero-order chi connectivity index (χ0) is 20.5. The maximum Gasteiger partial charge on any atom is 0.394 e. The van der Waals surface area contributed by atoms with Gasteiger partial charge in [0.25, 0.3) is 0 Å². The van der Waals surface area contributed by atoms with Crippen molar-refractivity contribution in [2.75, 3.05) is 13.1 Å². The molecule has 0 bridgehead atoms. The predicted octanol–water partition coefficient (Wildman–Crippen LogP) is 2.23. The maximum atomic E-state index is 13.1. The number of urea groups is 1. The number of hydrogen-bond donors (Lipinski definition) is 2. The van der Waals surface area contributed by atoms with Crippen LogP contribution in [0.15, 0.2) is 36.9 Å². The molecular weight excluding hydrogens is 379 g/mol. The molecule has 2 heterocycles. The minimum absolute atomic E-state index is 0.481. The molecule has 150 valence electrons. The number of hydrogen-bond acceptors (Lipinski definition) is 4. The highest BCUT2D eigenvalue weighted by Gasteiger charge is 2.53. The summed E-state index contributed by atoms with van der Waals surface area (Å²) in [6, 6.07) is 5.83. The summed E-state index contributed by atoms with van der Waals surface area (Å²) >= 11 is 0. The Morgan fingerprint density at radius 1 is 1.25 bits per heavy atom. The molecule has 1 fully saturated rings. The van der Waals surface area contributed by atoms with E-state index in [-0.39, 0.29) is 0 Å². The van der Waals surface area contributed by atoms with Gasteiger partial charge >= 0.3 is 18.2 Å². The van der Waals surface area contributed by atoms with Gasteiger partial charge in [0.15, 0.2) is 0 Å². The van der Waals surface area contributed by atoms with Crippen molar-refractivity contribution in [2.45, 2.75) is 19.1 Å². The quantitative estimate of drug-likeness (QED) is 0.824. The smallest absolute Gasteiger partial charge is 0.394 e. The molecule has 1 saturated heterocycles. The van der Waals surface area contributed by atoms with Crippen molar-refractivity contribution in [3.05, 3.63) is 42.5 Å². The van der Waals surface area contributed by atoms with E-state index in [1.165, 1.54) is 12.7 Å². The average molecular weight is 397 g/mol. The van der Waals surface area contributed by atoms with E-state index in [0.717, 1.165) is 16.2 Å². The second-order valence-electron chi connectivity index (χ2n) is 6.60. The van der Waals surface area contributed by atoms with Crippen molar-refractivity contribution in [1.82, 2.24) is 25.0 Å². The van der Waals surface area contributed by atoms with Crippen LogP contribution in [0.3, 0.4) is 0 Å². The van der Waals surface area contributed by atoms with Crippen LogP contribution in [0.1, 0.15) is 18.5 Å². The molecule has 1 aliphatic rings. The van der Waals surface area contributed by atoms with Gasteiger partial charge in [0, 0.05) is 13.1 Å².